The van der Waals surface area contributed by atoms with Crippen LogP contribution in [-0.4, -0.2) is 59.8 Å². The first-order chi connectivity index (χ1) is 9.61. The fourth-order valence-corrected chi connectivity index (χ4v) is 4.21. The normalized spacial score (nSPS) is 27.6. The van der Waals surface area contributed by atoms with Crippen LogP contribution in [0.5, 0.6) is 0 Å². The number of fused-ring (bicyclic) bond motifs is 1. The molecule has 0 unspecified atom stereocenters. The summed E-state index contributed by atoms with van der Waals surface area (Å²) in [6, 6.07) is 0.440. The lowest BCUT2D eigenvalue weighted by Crippen LogP contribution is -2.36. The highest BCUT2D eigenvalue weighted by Crippen LogP contribution is 2.33. The fourth-order valence-electron chi connectivity index (χ4n) is 2.67. The first kappa shape index (κ1) is 15.2. The van der Waals surface area contributed by atoms with Gasteiger partial charge in [0.1, 0.15) is 6.29 Å². The number of rotatable bonds is 7. The molecule has 2 rings (SSSR count). The molecule has 2 aliphatic rings. The Morgan fingerprint density at radius 1 is 1.45 bits per heavy atom. The van der Waals surface area contributed by atoms with E-state index >= 15 is 0 Å². The van der Waals surface area contributed by atoms with Gasteiger partial charge in [0.25, 0.3) is 0 Å². The molecule has 0 aliphatic carbocycles. The van der Waals surface area contributed by atoms with Gasteiger partial charge in [-0.05, 0) is 12.8 Å². The zero-order valence-electron chi connectivity index (χ0n) is 11.6. The van der Waals surface area contributed by atoms with E-state index in [4.69, 9.17) is 0 Å². The number of hydrogen-bond donors (Lipinski definition) is 2. The minimum atomic E-state index is -0.0593. The van der Waals surface area contributed by atoms with E-state index in [0.29, 0.717) is 11.7 Å². The van der Waals surface area contributed by atoms with Gasteiger partial charge in [-0.15, -0.1) is 0 Å². The average Bonchev–Trinajstić information content (AvgIpc) is 2.94. The predicted octanol–water partition coefficient (Wildman–Crippen LogP) is 0.370. The van der Waals surface area contributed by atoms with Gasteiger partial charge in [0.2, 0.25) is 5.91 Å². The maximum Gasteiger partial charge on any atom is 0.315 e. The van der Waals surface area contributed by atoms with E-state index in [9.17, 15) is 14.4 Å². The van der Waals surface area contributed by atoms with Crippen LogP contribution in [0.1, 0.15) is 25.7 Å². The second-order valence-corrected chi connectivity index (χ2v) is 6.58. The topological polar surface area (TPSA) is 78.5 Å². The van der Waals surface area contributed by atoms with Crippen LogP contribution in [0.3, 0.4) is 0 Å². The third-order valence-corrected chi connectivity index (χ3v) is 5.35. The van der Waals surface area contributed by atoms with Crippen LogP contribution in [0.2, 0.25) is 0 Å². The van der Waals surface area contributed by atoms with Gasteiger partial charge >= 0.3 is 6.03 Å². The van der Waals surface area contributed by atoms with Crippen LogP contribution < -0.4 is 10.6 Å². The lowest BCUT2D eigenvalue weighted by molar-refractivity contribution is -0.131. The minimum Gasteiger partial charge on any atom is -0.339 e. The molecular formula is C13H21N3O3S. The standard InChI is InChI=1S/C13H21N3O3S/c1-16(6-7-17)11(18)5-3-2-4-10-12-9(8-20-10)14-13(19)15-12/h7,9-10,12H,2-6,8H2,1H3,(H2,14,15,19)/t9-,10-,12-/m0/s1. The Balaban J connectivity index is 1.63. The summed E-state index contributed by atoms with van der Waals surface area (Å²) >= 11 is 1.89. The van der Waals surface area contributed by atoms with Crippen molar-refractivity contribution >= 4 is 30.0 Å². The molecule has 0 aromatic carbocycles. The van der Waals surface area contributed by atoms with Gasteiger partial charge in [-0.2, -0.15) is 11.8 Å². The molecule has 0 aromatic heterocycles. The first-order valence-corrected chi connectivity index (χ1v) is 8.03. The molecular weight excluding hydrogens is 278 g/mol. The van der Waals surface area contributed by atoms with E-state index < -0.39 is 0 Å². The molecule has 0 bridgehead atoms. The van der Waals surface area contributed by atoms with E-state index in [-0.39, 0.29) is 30.6 Å². The second-order valence-electron chi connectivity index (χ2n) is 5.31. The first-order valence-electron chi connectivity index (χ1n) is 6.98. The van der Waals surface area contributed by atoms with E-state index in [0.717, 1.165) is 31.3 Å². The summed E-state index contributed by atoms with van der Waals surface area (Å²) in [5.74, 6) is 0.986. The quantitative estimate of drug-likeness (QED) is 0.404. The molecule has 0 aromatic rings. The van der Waals surface area contributed by atoms with Gasteiger partial charge in [0, 0.05) is 24.5 Å². The van der Waals surface area contributed by atoms with Crippen LogP contribution in [-0.2, 0) is 9.59 Å². The molecule has 2 fully saturated rings. The number of carbonyl (C=O) groups excluding carboxylic acids is 3. The van der Waals surface area contributed by atoms with Crippen molar-refractivity contribution in [2.24, 2.45) is 0 Å². The average molecular weight is 299 g/mol. The van der Waals surface area contributed by atoms with Crippen LogP contribution in [0, 0.1) is 0 Å². The number of carbonyl (C=O) groups is 3. The van der Waals surface area contributed by atoms with Gasteiger partial charge in [0.15, 0.2) is 0 Å². The number of aldehydes is 1. The van der Waals surface area contributed by atoms with Crippen LogP contribution in [0.4, 0.5) is 4.79 Å². The number of nitrogens with zero attached hydrogens (tertiary/aromatic N) is 1. The van der Waals surface area contributed by atoms with Crippen LogP contribution >= 0.6 is 11.8 Å². The molecule has 6 nitrogen and oxygen atoms in total. The number of urea groups is 1. The van der Waals surface area contributed by atoms with Crippen molar-refractivity contribution in [1.82, 2.24) is 15.5 Å². The Hall–Kier alpha value is -1.24. The van der Waals surface area contributed by atoms with Crippen molar-refractivity contribution in [3.8, 4) is 0 Å². The van der Waals surface area contributed by atoms with Crippen molar-refractivity contribution in [3.05, 3.63) is 0 Å². The maximum atomic E-state index is 11.6. The number of nitrogens with one attached hydrogen (secondary N) is 2. The summed E-state index contributed by atoms with van der Waals surface area (Å²) in [7, 11) is 1.65. The van der Waals surface area contributed by atoms with Gasteiger partial charge < -0.3 is 20.3 Å². The summed E-state index contributed by atoms with van der Waals surface area (Å²) in [6.45, 7) is 0.165. The molecule has 0 spiro atoms. The van der Waals surface area contributed by atoms with E-state index in [1.54, 1.807) is 7.05 Å². The summed E-state index contributed by atoms with van der Waals surface area (Å²) in [4.78, 5) is 34.7. The maximum absolute atomic E-state index is 11.6. The second kappa shape index (κ2) is 6.97. The monoisotopic (exact) mass is 299 g/mol. The molecule has 3 atom stereocenters. The van der Waals surface area contributed by atoms with E-state index in [1.807, 2.05) is 11.8 Å². The highest BCUT2D eigenvalue weighted by atomic mass is 32.2. The number of unbranched alkanes of at least 4 members (excludes halogenated alkanes) is 1. The third kappa shape index (κ3) is 3.65. The zero-order valence-corrected chi connectivity index (χ0v) is 12.4. The minimum absolute atomic E-state index is 0.0184. The lowest BCUT2D eigenvalue weighted by Gasteiger charge is -2.17. The van der Waals surface area contributed by atoms with Gasteiger partial charge in [-0.1, -0.05) is 6.42 Å². The highest BCUT2D eigenvalue weighted by Gasteiger charge is 2.42. The molecule has 2 heterocycles. The van der Waals surface area contributed by atoms with Crippen molar-refractivity contribution in [1.29, 1.82) is 0 Å². The Labute approximate surface area is 123 Å². The Morgan fingerprint density at radius 3 is 3.00 bits per heavy atom. The van der Waals surface area contributed by atoms with Gasteiger partial charge in [0.05, 0.1) is 18.6 Å². The van der Waals surface area contributed by atoms with Crippen molar-refractivity contribution < 1.29 is 14.4 Å². The van der Waals surface area contributed by atoms with Crippen LogP contribution in [0.15, 0.2) is 0 Å². The molecule has 112 valence electrons. The summed E-state index contributed by atoms with van der Waals surface area (Å²) < 4.78 is 0. The third-order valence-electron chi connectivity index (χ3n) is 3.84. The smallest absolute Gasteiger partial charge is 0.315 e. The molecule has 7 heteroatoms. The van der Waals surface area contributed by atoms with E-state index in [2.05, 4.69) is 10.6 Å². The van der Waals surface area contributed by atoms with Gasteiger partial charge in [-0.25, -0.2) is 4.79 Å². The molecule has 2 aliphatic heterocycles. The summed E-state index contributed by atoms with van der Waals surface area (Å²) in [5, 5.41) is 6.33. The van der Waals surface area contributed by atoms with Crippen molar-refractivity contribution in [2.45, 2.75) is 43.0 Å². The number of likely N-dealkylation sites (N-methyl/N-ethyl adjacent to an activating group) is 1. The fraction of sp³-hybridized carbons (Fsp3) is 0.769. The van der Waals surface area contributed by atoms with Crippen LogP contribution in [0.25, 0.3) is 0 Å². The Bertz CT molecular complexity index is 391. The van der Waals surface area contributed by atoms with Gasteiger partial charge in [-0.3, -0.25) is 4.79 Å². The lowest BCUT2D eigenvalue weighted by atomic mass is 10.0. The predicted molar refractivity (Wildman–Crippen MR) is 77.7 cm³/mol. The molecule has 0 radical (unpaired) electrons. The molecule has 2 saturated heterocycles. The largest absolute Gasteiger partial charge is 0.339 e. The number of amides is 3. The SMILES string of the molecule is CN(CC=O)C(=O)CCCC[C@@H]1SC[C@@H]2NC(=O)N[C@@H]21. The highest BCUT2D eigenvalue weighted by molar-refractivity contribution is 8.00. The zero-order chi connectivity index (χ0) is 14.5. The summed E-state index contributed by atoms with van der Waals surface area (Å²) in [5.41, 5.74) is 0. The molecule has 3 amide bonds. The van der Waals surface area contributed by atoms with Crippen molar-refractivity contribution in [2.75, 3.05) is 19.3 Å². The Kier molecular flexibility index (Phi) is 5.28. The summed E-state index contributed by atoms with van der Waals surface area (Å²) in [6.07, 6.45) is 4.04. The van der Waals surface area contributed by atoms with E-state index in [1.165, 1.54) is 4.90 Å². The Morgan fingerprint density at radius 2 is 2.25 bits per heavy atom. The van der Waals surface area contributed by atoms with Crippen molar-refractivity contribution in [3.63, 3.8) is 0 Å². The molecule has 0 saturated carbocycles. The number of hydrogen-bond acceptors (Lipinski definition) is 4. The molecule has 2 N–H and O–H groups in total. The number of thioether (sulfide) groups is 1. The molecule has 20 heavy (non-hydrogen) atoms.